The molecule has 10 heteroatoms. The molecule has 0 saturated heterocycles. The van der Waals surface area contributed by atoms with Crippen LogP contribution in [-0.2, 0) is 49.9 Å². The van der Waals surface area contributed by atoms with E-state index in [0.29, 0.717) is 11.8 Å². The van der Waals surface area contributed by atoms with Crippen molar-refractivity contribution in [1.82, 2.24) is 9.97 Å². The minimum Gasteiger partial charge on any atom is -0.455 e. The van der Waals surface area contributed by atoms with Crippen molar-refractivity contribution in [3.05, 3.63) is 345 Å². The molecule has 20 aromatic rings. The van der Waals surface area contributed by atoms with Crippen molar-refractivity contribution in [2.24, 2.45) is 40.0 Å². The van der Waals surface area contributed by atoms with Crippen LogP contribution in [0.4, 0.5) is 0 Å². The lowest BCUT2D eigenvalue weighted by Gasteiger charge is -2.35. The van der Waals surface area contributed by atoms with Crippen LogP contribution in [0, 0.1) is 67.2 Å². The average Bonchev–Trinajstić information content (AvgIpc) is 1.54. The molecule has 0 unspecified atom stereocenters. The molecule has 1 fully saturated rings. The van der Waals surface area contributed by atoms with Crippen LogP contribution in [0.2, 0.25) is 0 Å². The number of furan rings is 4. The predicted octanol–water partition coefficient (Wildman–Crippen LogP) is 29.4. The fourth-order valence-electron chi connectivity index (χ4n) is 24.7. The SMILES string of the molecule is Cc1ccc(-c2c(C)ccc3c2oc2c4c(ccc23)C(C)(C)c2cnccc2-4)[n+](C)c1.Cc1ccc(-c2c(C)ccc3c2oc2c4c(ccc23)C(C)(C)c2ncccc2-4)[n+](C)c1.Cc1ccc(-c2c(C)ccc3c2oc2ccc4c(c23)-c2ccccc2C4(CC(C)C)CC(C)C)[n+](C)c1.Cc1ccc(-c2c(C)ccc3c2oc2ccc4c(c23)-c2ccccc2C42CCCC2)[n+](C)c1. The maximum Gasteiger partial charge on any atom is 0.216 e. The summed E-state index contributed by atoms with van der Waals surface area (Å²) in [6, 6.07) is 78.2. The molecule has 10 nitrogen and oxygen atoms in total. The highest BCUT2D eigenvalue weighted by atomic mass is 16.3. The lowest BCUT2D eigenvalue weighted by Crippen LogP contribution is -2.31. The first kappa shape index (κ1) is 83.9. The van der Waals surface area contributed by atoms with Crippen LogP contribution in [-0.4, -0.2) is 9.97 Å². The van der Waals surface area contributed by atoms with Gasteiger partial charge in [-0.15, -0.1) is 0 Å². The lowest BCUT2D eigenvalue weighted by molar-refractivity contribution is -0.660. The van der Waals surface area contributed by atoms with Gasteiger partial charge in [-0.1, -0.05) is 208 Å². The Morgan fingerprint density at radius 3 is 1.13 bits per heavy atom. The van der Waals surface area contributed by atoms with E-state index in [1.807, 2.05) is 24.7 Å². The van der Waals surface area contributed by atoms with Crippen molar-refractivity contribution >= 4 is 87.8 Å². The summed E-state index contributed by atoms with van der Waals surface area (Å²) in [6.45, 7) is 35.7. The fourth-order valence-corrected chi connectivity index (χ4v) is 24.7. The van der Waals surface area contributed by atoms with E-state index in [0.717, 1.165) is 96.5 Å². The molecular formula is C122H116N6O4+4. The quantitative estimate of drug-likeness (QED) is 0.141. The molecule has 5 aliphatic rings. The first-order valence-corrected chi connectivity index (χ1v) is 47.5. The second-order valence-electron chi connectivity index (χ2n) is 40.9. The highest BCUT2D eigenvalue weighted by molar-refractivity contribution is 6.21. The summed E-state index contributed by atoms with van der Waals surface area (Å²) in [6.07, 6.45) is 21.9. The van der Waals surface area contributed by atoms with Crippen molar-refractivity contribution in [1.29, 1.82) is 0 Å². The summed E-state index contributed by atoms with van der Waals surface area (Å²) in [5.74, 6) is 1.20. The Labute approximate surface area is 774 Å². The number of hydrogen-bond acceptors (Lipinski definition) is 6. The van der Waals surface area contributed by atoms with E-state index in [1.165, 1.54) is 208 Å². The van der Waals surface area contributed by atoms with Crippen LogP contribution >= 0.6 is 0 Å². The Morgan fingerprint density at radius 2 is 0.674 bits per heavy atom. The molecule has 0 bridgehead atoms. The normalized spacial score (nSPS) is 14.7. The van der Waals surface area contributed by atoms with Crippen LogP contribution in [0.5, 0.6) is 0 Å². The van der Waals surface area contributed by atoms with Crippen molar-refractivity contribution in [2.75, 3.05) is 0 Å². The average molecular weight is 1730 g/mol. The number of hydrogen-bond donors (Lipinski definition) is 0. The summed E-state index contributed by atoms with van der Waals surface area (Å²) in [4.78, 5) is 9.15. The van der Waals surface area contributed by atoms with E-state index < -0.39 is 0 Å². The molecule has 0 atom stereocenters. The number of pyridine rings is 6. The Kier molecular flexibility index (Phi) is 19.7. The predicted molar refractivity (Wildman–Crippen MR) is 540 cm³/mol. The van der Waals surface area contributed by atoms with Gasteiger partial charge in [-0.3, -0.25) is 9.97 Å². The third-order valence-corrected chi connectivity index (χ3v) is 30.4. The van der Waals surface area contributed by atoms with E-state index in [2.05, 4.69) is 393 Å². The Hall–Kier alpha value is -13.7. The van der Waals surface area contributed by atoms with Gasteiger partial charge in [0.2, 0.25) is 22.8 Å². The summed E-state index contributed by atoms with van der Waals surface area (Å²) in [5.41, 5.74) is 48.5. The standard InChI is InChI=1S/C35H38NO.C31H28NO.2C28H25N2O/c1-21(2)18-35(19-22(3)4)27-11-9-8-10-25(27)32-28(35)15-17-30-33(32)26-14-13-24(6)31(34(26)37-30)29-16-12-23(5)20-36(29)7;1-19-10-14-25(32(3)18-19)27-20(2)11-12-22-29-26(33-30(22)27)15-13-24-28(29)21-8-4-5-9-23(21)31(24)16-6-7-17-31;1-16-6-11-23(30(5)15-16)24-17(2)7-8-18-19-9-10-21-25(27(19)31-26(18)24)20-12-13-29-14-22(20)28(21,3)4;1-16-8-13-22(30(5)15-16)23-17(2)9-10-18-19-11-12-21-24(26(19)31-25(18)23)20-7-6-14-29-27(20)28(21,3)4/h8-17,20-22H,18-19H2,1-7H3;4-5,8-15,18H,6-7,16-17H2,1-3H3;2*6-15H,1-5H3/q4*+1. The number of rotatable bonds is 8. The number of benzene rings is 10. The van der Waals surface area contributed by atoms with Crippen molar-refractivity contribution in [3.63, 3.8) is 0 Å². The smallest absolute Gasteiger partial charge is 0.216 e. The molecule has 10 aromatic heterocycles. The molecule has 0 radical (unpaired) electrons. The van der Waals surface area contributed by atoms with Crippen LogP contribution in [0.3, 0.4) is 0 Å². The Bertz CT molecular complexity index is 8020. The van der Waals surface area contributed by atoms with E-state index in [9.17, 15) is 0 Å². The summed E-state index contributed by atoms with van der Waals surface area (Å²) >= 11 is 0. The van der Waals surface area contributed by atoms with Crippen molar-refractivity contribution in [3.8, 4) is 89.5 Å². The zero-order valence-corrected chi connectivity index (χ0v) is 80.0. The van der Waals surface area contributed by atoms with Gasteiger partial charge in [-0.25, -0.2) is 18.3 Å². The summed E-state index contributed by atoms with van der Waals surface area (Å²) in [5, 5.41) is 9.66. The number of aryl methyl sites for hydroxylation is 12. The van der Waals surface area contributed by atoms with Crippen LogP contribution in [0.25, 0.3) is 177 Å². The number of fused-ring (bicyclic) bond motifs is 30. The maximum absolute atomic E-state index is 6.76. The molecule has 1 saturated carbocycles. The highest BCUT2D eigenvalue weighted by Gasteiger charge is 2.49. The first-order chi connectivity index (χ1) is 63.5. The number of aromatic nitrogens is 6. The third-order valence-electron chi connectivity index (χ3n) is 30.4. The molecule has 654 valence electrons. The minimum atomic E-state index is -0.138. The second-order valence-corrected chi connectivity index (χ2v) is 40.9. The molecular weight excluding hydrogens is 1610 g/mol. The van der Waals surface area contributed by atoms with Gasteiger partial charge < -0.3 is 17.7 Å². The van der Waals surface area contributed by atoms with Gasteiger partial charge in [0.1, 0.15) is 72.9 Å². The number of nitrogens with zero attached hydrogens (tertiary/aromatic N) is 6. The Balaban J connectivity index is 0.000000103. The highest BCUT2D eigenvalue weighted by Crippen LogP contribution is 2.62. The van der Waals surface area contributed by atoms with Gasteiger partial charge in [0.05, 0.1) is 27.9 Å². The second kappa shape index (κ2) is 31.0. The van der Waals surface area contributed by atoms with Gasteiger partial charge in [0.25, 0.3) is 0 Å². The van der Waals surface area contributed by atoms with Crippen LogP contribution in [0.15, 0.2) is 273 Å². The molecule has 0 N–H and O–H groups in total. The molecule has 10 heterocycles. The first-order valence-electron chi connectivity index (χ1n) is 47.5. The molecule has 5 aliphatic carbocycles. The largest absolute Gasteiger partial charge is 0.455 e. The van der Waals surface area contributed by atoms with E-state index in [1.54, 1.807) is 0 Å². The van der Waals surface area contributed by atoms with E-state index >= 15 is 0 Å². The van der Waals surface area contributed by atoms with Crippen LogP contribution < -0.4 is 18.3 Å². The van der Waals surface area contributed by atoms with E-state index in [-0.39, 0.29) is 21.7 Å². The van der Waals surface area contributed by atoms with Crippen LogP contribution in [0.1, 0.15) is 183 Å². The monoisotopic (exact) mass is 1730 g/mol. The molecule has 10 aromatic carbocycles. The van der Waals surface area contributed by atoms with Gasteiger partial charge in [-0.05, 0) is 230 Å². The Morgan fingerprint density at radius 1 is 0.311 bits per heavy atom. The van der Waals surface area contributed by atoms with Gasteiger partial charge in [-0.2, -0.15) is 0 Å². The van der Waals surface area contributed by atoms with Crippen molar-refractivity contribution < 1.29 is 35.9 Å². The maximum atomic E-state index is 6.76. The van der Waals surface area contributed by atoms with Crippen molar-refractivity contribution in [2.45, 2.75) is 171 Å². The third kappa shape index (κ3) is 12.7. The molecule has 0 aliphatic heterocycles. The molecule has 132 heavy (non-hydrogen) atoms. The molecule has 0 amide bonds. The summed E-state index contributed by atoms with van der Waals surface area (Å²) < 4.78 is 35.8. The fraction of sp³-hybridized carbons (Fsp3) is 0.262. The lowest BCUT2D eigenvalue weighted by atomic mass is 9.68. The van der Waals surface area contributed by atoms with E-state index in [4.69, 9.17) is 22.7 Å². The summed E-state index contributed by atoms with van der Waals surface area (Å²) in [7, 11) is 8.46. The van der Waals surface area contributed by atoms with Gasteiger partial charge in [0.15, 0.2) is 24.8 Å². The minimum absolute atomic E-state index is 0.0307. The zero-order valence-electron chi connectivity index (χ0n) is 80.0. The zero-order chi connectivity index (χ0) is 91.4. The molecule has 25 rings (SSSR count). The topological polar surface area (TPSA) is 93.9 Å². The van der Waals surface area contributed by atoms with Gasteiger partial charge in [0, 0.05) is 147 Å². The van der Waals surface area contributed by atoms with Gasteiger partial charge >= 0.3 is 0 Å². The molecule has 1 spiro atoms.